The number of ether oxygens (including phenoxy) is 1. The molecule has 0 amide bonds. The molecular formula is C12H11FN2O3. The first-order valence-corrected chi connectivity index (χ1v) is 5.17. The molecule has 1 heterocycles. The summed E-state index contributed by atoms with van der Waals surface area (Å²) in [5.74, 6) is -1.52. The highest BCUT2D eigenvalue weighted by Crippen LogP contribution is 2.21. The van der Waals surface area contributed by atoms with Crippen molar-refractivity contribution in [1.29, 1.82) is 0 Å². The Bertz CT molecular complexity index is 607. The van der Waals surface area contributed by atoms with E-state index in [0.717, 1.165) is 0 Å². The fraction of sp³-hybridized carbons (Fsp3) is 0.167. The highest BCUT2D eigenvalue weighted by atomic mass is 19.1. The molecule has 0 radical (unpaired) electrons. The van der Waals surface area contributed by atoms with Gasteiger partial charge in [-0.15, -0.1) is 0 Å². The zero-order valence-corrected chi connectivity index (χ0v) is 9.85. The number of hydrogen-bond donors (Lipinski definition) is 1. The summed E-state index contributed by atoms with van der Waals surface area (Å²) < 4.78 is 19.7. The van der Waals surface area contributed by atoms with Gasteiger partial charge in [-0.2, -0.15) is 5.10 Å². The van der Waals surface area contributed by atoms with Crippen LogP contribution in [0.5, 0.6) is 5.75 Å². The number of nitrogens with zero attached hydrogens (tertiary/aromatic N) is 2. The van der Waals surface area contributed by atoms with Crippen LogP contribution in [0.1, 0.15) is 16.2 Å². The molecule has 2 rings (SSSR count). The lowest BCUT2D eigenvalue weighted by Gasteiger charge is -2.06. The molecule has 1 aromatic heterocycles. The summed E-state index contributed by atoms with van der Waals surface area (Å²) in [5, 5.41) is 12.7. The van der Waals surface area contributed by atoms with Gasteiger partial charge >= 0.3 is 5.97 Å². The van der Waals surface area contributed by atoms with Crippen LogP contribution in [0.2, 0.25) is 0 Å². The van der Waals surface area contributed by atoms with Crippen molar-refractivity contribution in [3.05, 3.63) is 41.5 Å². The predicted octanol–water partition coefficient (Wildman–Crippen LogP) is 2.03. The van der Waals surface area contributed by atoms with E-state index >= 15 is 0 Å². The number of aryl methyl sites for hydroxylation is 1. The first-order valence-electron chi connectivity index (χ1n) is 5.17. The van der Waals surface area contributed by atoms with Crippen molar-refractivity contribution in [2.45, 2.75) is 6.92 Å². The summed E-state index contributed by atoms with van der Waals surface area (Å²) in [6, 6.07) is 5.73. The summed E-state index contributed by atoms with van der Waals surface area (Å²) in [6.07, 6.45) is 0. The predicted molar refractivity (Wildman–Crippen MR) is 61.8 cm³/mol. The Hall–Kier alpha value is -2.37. The minimum absolute atomic E-state index is 0.0799. The first kappa shape index (κ1) is 12.1. The molecule has 0 bridgehead atoms. The van der Waals surface area contributed by atoms with Gasteiger partial charge in [-0.3, -0.25) is 0 Å². The average molecular weight is 250 g/mol. The zero-order valence-electron chi connectivity index (χ0n) is 9.85. The molecule has 0 spiro atoms. The third-order valence-electron chi connectivity index (χ3n) is 2.49. The molecule has 2 aromatic rings. The van der Waals surface area contributed by atoms with Crippen LogP contribution in [0.4, 0.5) is 4.39 Å². The molecule has 5 nitrogen and oxygen atoms in total. The van der Waals surface area contributed by atoms with Crippen LogP contribution in [0.3, 0.4) is 0 Å². The lowest BCUT2D eigenvalue weighted by Crippen LogP contribution is -2.03. The van der Waals surface area contributed by atoms with Gasteiger partial charge in [0.05, 0.1) is 12.8 Å². The first-order chi connectivity index (χ1) is 8.52. The molecular weight excluding hydrogens is 239 g/mol. The fourth-order valence-electron chi connectivity index (χ4n) is 1.63. The van der Waals surface area contributed by atoms with Crippen LogP contribution in [0.15, 0.2) is 24.3 Å². The number of aromatic carboxylic acids is 1. The molecule has 0 atom stereocenters. The smallest absolute Gasteiger partial charge is 0.356 e. The van der Waals surface area contributed by atoms with Crippen molar-refractivity contribution in [2.24, 2.45) is 0 Å². The van der Waals surface area contributed by atoms with Crippen molar-refractivity contribution >= 4 is 5.97 Å². The van der Waals surface area contributed by atoms with Crippen LogP contribution in [0.25, 0.3) is 5.69 Å². The van der Waals surface area contributed by atoms with Crippen LogP contribution in [0, 0.1) is 12.7 Å². The average Bonchev–Trinajstić information content (AvgIpc) is 2.71. The third kappa shape index (κ3) is 2.04. The van der Waals surface area contributed by atoms with E-state index in [0.29, 0.717) is 11.4 Å². The van der Waals surface area contributed by atoms with E-state index in [1.165, 1.54) is 30.0 Å². The van der Waals surface area contributed by atoms with Crippen LogP contribution in [-0.2, 0) is 0 Å². The van der Waals surface area contributed by atoms with Crippen molar-refractivity contribution in [3.8, 4) is 11.4 Å². The van der Waals surface area contributed by atoms with Crippen LogP contribution < -0.4 is 4.74 Å². The summed E-state index contributed by atoms with van der Waals surface area (Å²) in [7, 11) is 1.37. The van der Waals surface area contributed by atoms with Gasteiger partial charge in [0.2, 0.25) is 0 Å². The van der Waals surface area contributed by atoms with E-state index in [4.69, 9.17) is 9.84 Å². The second-order valence-electron chi connectivity index (χ2n) is 3.71. The summed E-state index contributed by atoms with van der Waals surface area (Å²) in [4.78, 5) is 10.8. The Labute approximate surface area is 102 Å². The van der Waals surface area contributed by atoms with E-state index in [1.807, 2.05) is 0 Å². The molecule has 6 heteroatoms. The van der Waals surface area contributed by atoms with Gasteiger partial charge in [0.15, 0.2) is 17.3 Å². The van der Waals surface area contributed by atoms with Crippen molar-refractivity contribution in [2.75, 3.05) is 7.11 Å². The Morgan fingerprint density at radius 2 is 2.17 bits per heavy atom. The summed E-state index contributed by atoms with van der Waals surface area (Å²) >= 11 is 0. The zero-order chi connectivity index (χ0) is 13.3. The normalized spacial score (nSPS) is 10.4. The minimum atomic E-state index is -1.12. The van der Waals surface area contributed by atoms with Gasteiger partial charge in [0, 0.05) is 11.8 Å². The van der Waals surface area contributed by atoms with Crippen molar-refractivity contribution in [3.63, 3.8) is 0 Å². The maximum absolute atomic E-state index is 13.6. The second kappa shape index (κ2) is 4.48. The largest absolute Gasteiger partial charge is 0.494 e. The lowest BCUT2D eigenvalue weighted by atomic mass is 10.3. The number of carboxylic acids is 1. The van der Waals surface area contributed by atoms with Gasteiger partial charge in [-0.1, -0.05) is 0 Å². The minimum Gasteiger partial charge on any atom is -0.494 e. The molecule has 1 N–H and O–H groups in total. The number of hydrogen-bond acceptors (Lipinski definition) is 3. The van der Waals surface area contributed by atoms with Gasteiger partial charge < -0.3 is 9.84 Å². The molecule has 0 saturated carbocycles. The molecule has 18 heavy (non-hydrogen) atoms. The molecule has 0 unspecified atom stereocenters. The topological polar surface area (TPSA) is 64.4 Å². The fourth-order valence-corrected chi connectivity index (χ4v) is 1.63. The van der Waals surface area contributed by atoms with E-state index in [2.05, 4.69) is 5.10 Å². The lowest BCUT2D eigenvalue weighted by molar-refractivity contribution is 0.0690. The summed E-state index contributed by atoms with van der Waals surface area (Å²) in [5.41, 5.74) is 0.971. The monoisotopic (exact) mass is 250 g/mol. The van der Waals surface area contributed by atoms with Gasteiger partial charge in [0.1, 0.15) is 0 Å². The van der Waals surface area contributed by atoms with Gasteiger partial charge in [0.25, 0.3) is 0 Å². The molecule has 0 fully saturated rings. The van der Waals surface area contributed by atoms with Gasteiger partial charge in [-0.05, 0) is 25.1 Å². The van der Waals surface area contributed by atoms with Crippen molar-refractivity contribution < 1.29 is 19.0 Å². The maximum Gasteiger partial charge on any atom is 0.356 e. The van der Waals surface area contributed by atoms with E-state index in [-0.39, 0.29) is 11.4 Å². The highest BCUT2D eigenvalue weighted by Gasteiger charge is 2.13. The number of benzene rings is 1. The number of carboxylic acid groups (broad SMARTS) is 1. The number of methoxy groups -OCH3 is 1. The molecule has 0 saturated heterocycles. The standard InChI is InChI=1S/C12H11FN2O3/c1-7-5-10(12(16)17)14-15(7)8-3-4-11(18-2)9(13)6-8/h3-6H,1-2H3,(H,16,17). The second-order valence-corrected chi connectivity index (χ2v) is 3.71. The number of aromatic nitrogens is 2. The van der Waals surface area contributed by atoms with E-state index in [1.54, 1.807) is 13.0 Å². The summed E-state index contributed by atoms with van der Waals surface area (Å²) in [6.45, 7) is 1.70. The molecule has 0 aliphatic rings. The Balaban J connectivity index is 2.48. The van der Waals surface area contributed by atoms with Gasteiger partial charge in [-0.25, -0.2) is 13.9 Å². The number of halogens is 1. The highest BCUT2D eigenvalue weighted by molar-refractivity contribution is 5.85. The maximum atomic E-state index is 13.6. The Morgan fingerprint density at radius 1 is 1.44 bits per heavy atom. The molecule has 94 valence electrons. The van der Waals surface area contributed by atoms with Crippen molar-refractivity contribution in [1.82, 2.24) is 9.78 Å². The number of rotatable bonds is 3. The Kier molecular flexibility index (Phi) is 3.01. The van der Waals surface area contributed by atoms with Crippen LogP contribution >= 0.6 is 0 Å². The molecule has 0 aliphatic heterocycles. The molecule has 0 aliphatic carbocycles. The van der Waals surface area contributed by atoms with E-state index in [9.17, 15) is 9.18 Å². The van der Waals surface area contributed by atoms with Crippen LogP contribution in [-0.4, -0.2) is 28.0 Å². The Morgan fingerprint density at radius 3 is 2.67 bits per heavy atom. The third-order valence-corrected chi connectivity index (χ3v) is 2.49. The SMILES string of the molecule is COc1ccc(-n2nc(C(=O)O)cc2C)cc1F. The quantitative estimate of drug-likeness (QED) is 0.905. The van der Waals surface area contributed by atoms with E-state index < -0.39 is 11.8 Å². The molecule has 1 aromatic carbocycles. The number of carbonyl (C=O) groups is 1.